The highest BCUT2D eigenvalue weighted by Gasteiger charge is 2.43. The second-order valence-electron chi connectivity index (χ2n) is 5.78. The van der Waals surface area contributed by atoms with Crippen molar-refractivity contribution in [3.63, 3.8) is 0 Å². The van der Waals surface area contributed by atoms with Gasteiger partial charge in [-0.3, -0.25) is 4.79 Å². The fourth-order valence-corrected chi connectivity index (χ4v) is 3.38. The maximum Gasteiger partial charge on any atom is 0.391 e. The Morgan fingerprint density at radius 1 is 1.19 bits per heavy atom. The summed E-state index contributed by atoms with van der Waals surface area (Å²) in [7, 11) is 0. The molecule has 0 heterocycles. The summed E-state index contributed by atoms with van der Waals surface area (Å²) in [5.74, 6) is -1.16. The number of carbonyl (C=O) groups excluding carboxylic acids is 1. The predicted octanol–water partition coefficient (Wildman–Crippen LogP) is 4.61. The van der Waals surface area contributed by atoms with Crippen molar-refractivity contribution in [3.05, 3.63) is 0 Å². The maximum absolute atomic E-state index is 12.7. The first-order valence-corrected chi connectivity index (χ1v) is 8.31. The van der Waals surface area contributed by atoms with Gasteiger partial charge in [0, 0.05) is 24.4 Å². The minimum Gasteiger partial charge on any atom is -0.338 e. The Kier molecular flexibility index (Phi) is 7.31. The van der Waals surface area contributed by atoms with Gasteiger partial charge in [0.25, 0.3) is 0 Å². The SMILES string of the molecule is CCC(CC)N(CCCl)C(=O)C1CCC(C(F)(F)F)CC1. The van der Waals surface area contributed by atoms with Gasteiger partial charge >= 0.3 is 6.18 Å². The molecule has 0 aromatic heterocycles. The van der Waals surface area contributed by atoms with E-state index in [-0.39, 0.29) is 30.7 Å². The van der Waals surface area contributed by atoms with Crippen LogP contribution in [-0.2, 0) is 4.79 Å². The van der Waals surface area contributed by atoms with E-state index in [1.807, 2.05) is 13.8 Å². The average Bonchev–Trinajstić information content (AvgIpc) is 2.46. The van der Waals surface area contributed by atoms with E-state index in [0.717, 1.165) is 12.8 Å². The minimum absolute atomic E-state index is 0.00928. The van der Waals surface area contributed by atoms with E-state index < -0.39 is 12.1 Å². The van der Waals surface area contributed by atoms with Crippen LogP contribution in [0.3, 0.4) is 0 Å². The molecule has 21 heavy (non-hydrogen) atoms. The van der Waals surface area contributed by atoms with Crippen molar-refractivity contribution in [2.75, 3.05) is 12.4 Å². The van der Waals surface area contributed by atoms with E-state index in [1.165, 1.54) is 0 Å². The molecule has 0 aromatic rings. The Morgan fingerprint density at radius 2 is 1.71 bits per heavy atom. The lowest BCUT2D eigenvalue weighted by atomic mass is 9.80. The minimum atomic E-state index is -4.13. The van der Waals surface area contributed by atoms with Gasteiger partial charge < -0.3 is 4.90 Å². The molecule has 6 heteroatoms. The van der Waals surface area contributed by atoms with E-state index in [4.69, 9.17) is 11.6 Å². The molecule has 0 aromatic carbocycles. The number of alkyl halides is 4. The molecule has 1 rings (SSSR count). The molecule has 0 saturated heterocycles. The number of nitrogens with zero attached hydrogens (tertiary/aromatic N) is 1. The zero-order chi connectivity index (χ0) is 16.0. The normalized spacial score (nSPS) is 23.4. The molecular formula is C15H25ClF3NO. The van der Waals surface area contributed by atoms with Crippen LogP contribution in [0.25, 0.3) is 0 Å². The number of amides is 1. The van der Waals surface area contributed by atoms with E-state index in [9.17, 15) is 18.0 Å². The van der Waals surface area contributed by atoms with Crippen LogP contribution >= 0.6 is 11.6 Å². The summed E-state index contributed by atoms with van der Waals surface area (Å²) in [6.07, 6.45) is -1.63. The molecule has 1 saturated carbocycles. The van der Waals surface area contributed by atoms with Crippen LogP contribution in [-0.4, -0.2) is 35.4 Å². The molecular weight excluding hydrogens is 303 g/mol. The van der Waals surface area contributed by atoms with E-state index in [1.54, 1.807) is 4.90 Å². The van der Waals surface area contributed by atoms with Crippen LogP contribution in [0.4, 0.5) is 13.2 Å². The molecule has 1 fully saturated rings. The summed E-state index contributed by atoms with van der Waals surface area (Å²) in [6, 6.07) is 0.136. The zero-order valence-corrected chi connectivity index (χ0v) is 13.5. The molecule has 0 spiro atoms. The number of halogens is 4. The van der Waals surface area contributed by atoms with Crippen molar-refractivity contribution >= 4 is 17.5 Å². The third-order valence-corrected chi connectivity index (χ3v) is 4.70. The van der Waals surface area contributed by atoms with Gasteiger partial charge in [-0.05, 0) is 38.5 Å². The zero-order valence-electron chi connectivity index (χ0n) is 12.8. The summed E-state index contributed by atoms with van der Waals surface area (Å²) < 4.78 is 38.0. The van der Waals surface area contributed by atoms with Crippen molar-refractivity contribution in [3.8, 4) is 0 Å². The summed E-state index contributed by atoms with van der Waals surface area (Å²) in [6.45, 7) is 4.51. The molecule has 1 amide bonds. The van der Waals surface area contributed by atoms with Gasteiger partial charge in [0.15, 0.2) is 0 Å². The standard InChI is InChI=1S/C15H25ClF3NO/c1-3-13(4-2)20(10-9-16)14(21)11-5-7-12(8-6-11)15(17,18)19/h11-13H,3-10H2,1-2H3. The van der Waals surface area contributed by atoms with Crippen LogP contribution < -0.4 is 0 Å². The van der Waals surface area contributed by atoms with Gasteiger partial charge in [-0.15, -0.1) is 11.6 Å². The van der Waals surface area contributed by atoms with Gasteiger partial charge in [0.1, 0.15) is 0 Å². The fraction of sp³-hybridized carbons (Fsp3) is 0.933. The van der Waals surface area contributed by atoms with Gasteiger partial charge in [0.05, 0.1) is 5.92 Å². The largest absolute Gasteiger partial charge is 0.391 e. The summed E-state index contributed by atoms with van der Waals surface area (Å²) in [5.41, 5.74) is 0. The molecule has 1 aliphatic carbocycles. The molecule has 0 atom stereocenters. The van der Waals surface area contributed by atoms with Crippen LogP contribution in [0.1, 0.15) is 52.4 Å². The van der Waals surface area contributed by atoms with E-state index in [2.05, 4.69) is 0 Å². The fourth-order valence-electron chi connectivity index (χ4n) is 3.20. The van der Waals surface area contributed by atoms with Crippen molar-refractivity contribution in [1.82, 2.24) is 4.90 Å². The first-order chi connectivity index (χ1) is 9.85. The number of carbonyl (C=O) groups is 1. The monoisotopic (exact) mass is 327 g/mol. The lowest BCUT2D eigenvalue weighted by Crippen LogP contribution is -2.45. The smallest absolute Gasteiger partial charge is 0.338 e. The van der Waals surface area contributed by atoms with Gasteiger partial charge in [0.2, 0.25) is 5.91 Å². The van der Waals surface area contributed by atoms with Crippen LogP contribution in [0.5, 0.6) is 0 Å². The first-order valence-electron chi connectivity index (χ1n) is 7.78. The van der Waals surface area contributed by atoms with Crippen LogP contribution in [0.2, 0.25) is 0 Å². The third kappa shape index (κ3) is 5.04. The average molecular weight is 328 g/mol. The van der Waals surface area contributed by atoms with Crippen LogP contribution in [0.15, 0.2) is 0 Å². The molecule has 0 radical (unpaired) electrons. The molecule has 2 nitrogen and oxygen atoms in total. The lowest BCUT2D eigenvalue weighted by Gasteiger charge is -2.36. The highest BCUT2D eigenvalue weighted by Crippen LogP contribution is 2.40. The Labute approximate surface area is 130 Å². The maximum atomic E-state index is 12.7. The highest BCUT2D eigenvalue weighted by molar-refractivity contribution is 6.18. The predicted molar refractivity (Wildman–Crippen MR) is 78.3 cm³/mol. The topological polar surface area (TPSA) is 20.3 Å². The second kappa shape index (κ2) is 8.25. The van der Waals surface area contributed by atoms with Crippen molar-refractivity contribution in [1.29, 1.82) is 0 Å². The number of hydrogen-bond acceptors (Lipinski definition) is 1. The van der Waals surface area contributed by atoms with Gasteiger partial charge in [-0.2, -0.15) is 13.2 Å². The van der Waals surface area contributed by atoms with E-state index >= 15 is 0 Å². The summed E-state index contributed by atoms with van der Waals surface area (Å²) in [5, 5.41) is 0. The molecule has 0 unspecified atom stereocenters. The third-order valence-electron chi connectivity index (χ3n) is 4.53. The Morgan fingerprint density at radius 3 is 2.10 bits per heavy atom. The molecule has 0 aliphatic heterocycles. The molecule has 124 valence electrons. The second-order valence-corrected chi connectivity index (χ2v) is 6.16. The number of hydrogen-bond donors (Lipinski definition) is 0. The molecule has 0 bridgehead atoms. The first kappa shape index (κ1) is 18.6. The Balaban J connectivity index is 2.65. The summed E-state index contributed by atoms with van der Waals surface area (Å²) in [4.78, 5) is 14.4. The Hall–Kier alpha value is -0.450. The molecule has 1 aliphatic rings. The lowest BCUT2D eigenvalue weighted by molar-refractivity contribution is -0.185. The van der Waals surface area contributed by atoms with Crippen molar-refractivity contribution in [2.45, 2.75) is 64.6 Å². The number of rotatable bonds is 6. The van der Waals surface area contributed by atoms with Gasteiger partial charge in [-0.1, -0.05) is 13.8 Å². The molecule has 0 N–H and O–H groups in total. The van der Waals surface area contributed by atoms with E-state index in [0.29, 0.717) is 25.3 Å². The summed E-state index contributed by atoms with van der Waals surface area (Å²) >= 11 is 5.78. The van der Waals surface area contributed by atoms with Crippen molar-refractivity contribution in [2.24, 2.45) is 11.8 Å². The van der Waals surface area contributed by atoms with Gasteiger partial charge in [-0.25, -0.2) is 0 Å². The van der Waals surface area contributed by atoms with Crippen molar-refractivity contribution < 1.29 is 18.0 Å². The highest BCUT2D eigenvalue weighted by atomic mass is 35.5. The quantitative estimate of drug-likeness (QED) is 0.652. The Bertz CT molecular complexity index is 323. The van der Waals surface area contributed by atoms with Crippen LogP contribution in [0, 0.1) is 11.8 Å².